The standard InChI is InChI=1S/C14H13ClN4O/c1-7-5-10-13(16-7)17-8(2)18-14(10)19-11-6-9(15)3-4-12(11)20/h3-6,20H,1-2H3,(H2,16,17,18,19). The van der Waals surface area contributed by atoms with Gasteiger partial charge in [0.2, 0.25) is 0 Å². The van der Waals surface area contributed by atoms with Gasteiger partial charge in [-0.05, 0) is 38.1 Å². The van der Waals surface area contributed by atoms with Crippen LogP contribution in [0.3, 0.4) is 0 Å². The van der Waals surface area contributed by atoms with Gasteiger partial charge in [-0.15, -0.1) is 0 Å². The molecule has 5 nitrogen and oxygen atoms in total. The zero-order chi connectivity index (χ0) is 14.3. The van der Waals surface area contributed by atoms with Gasteiger partial charge in [0.1, 0.15) is 23.0 Å². The number of aryl methyl sites for hydroxylation is 2. The monoisotopic (exact) mass is 288 g/mol. The van der Waals surface area contributed by atoms with Crippen molar-refractivity contribution >= 4 is 34.1 Å². The molecular formula is C14H13ClN4O. The molecule has 0 radical (unpaired) electrons. The lowest BCUT2D eigenvalue weighted by Gasteiger charge is -2.09. The Balaban J connectivity index is 2.12. The molecule has 0 aliphatic heterocycles. The number of aromatic amines is 1. The second-order valence-electron chi connectivity index (χ2n) is 4.62. The molecule has 3 rings (SSSR count). The van der Waals surface area contributed by atoms with Gasteiger partial charge in [0.25, 0.3) is 0 Å². The summed E-state index contributed by atoms with van der Waals surface area (Å²) in [5.74, 6) is 1.39. The van der Waals surface area contributed by atoms with Crippen LogP contribution in [-0.2, 0) is 0 Å². The molecule has 20 heavy (non-hydrogen) atoms. The Bertz CT molecular complexity index is 797. The maximum atomic E-state index is 9.87. The highest BCUT2D eigenvalue weighted by Crippen LogP contribution is 2.31. The summed E-state index contributed by atoms with van der Waals surface area (Å²) in [4.78, 5) is 11.9. The number of halogens is 1. The predicted molar refractivity (Wildman–Crippen MR) is 79.8 cm³/mol. The molecule has 0 aliphatic rings. The van der Waals surface area contributed by atoms with Gasteiger partial charge in [-0.3, -0.25) is 0 Å². The predicted octanol–water partition coefficient (Wildman–Crippen LogP) is 3.68. The van der Waals surface area contributed by atoms with Crippen LogP contribution in [-0.4, -0.2) is 20.1 Å². The number of nitrogens with zero attached hydrogens (tertiary/aromatic N) is 2. The highest BCUT2D eigenvalue weighted by atomic mass is 35.5. The Morgan fingerprint density at radius 3 is 2.80 bits per heavy atom. The lowest BCUT2D eigenvalue weighted by molar-refractivity contribution is 0.478. The normalized spacial score (nSPS) is 10.9. The molecule has 6 heteroatoms. The van der Waals surface area contributed by atoms with Gasteiger partial charge in [-0.25, -0.2) is 9.97 Å². The SMILES string of the molecule is Cc1nc(Nc2cc(Cl)ccc2O)c2cc(C)[nH]c2n1. The minimum atomic E-state index is 0.117. The quantitative estimate of drug-likeness (QED) is 0.629. The van der Waals surface area contributed by atoms with E-state index in [0.29, 0.717) is 22.4 Å². The fourth-order valence-electron chi connectivity index (χ4n) is 2.08. The maximum absolute atomic E-state index is 9.87. The fraction of sp³-hybridized carbons (Fsp3) is 0.143. The molecule has 0 fully saturated rings. The molecule has 0 atom stereocenters. The largest absolute Gasteiger partial charge is 0.506 e. The van der Waals surface area contributed by atoms with Crippen molar-refractivity contribution in [2.45, 2.75) is 13.8 Å². The Labute approximate surface area is 120 Å². The molecule has 0 spiro atoms. The highest BCUT2D eigenvalue weighted by molar-refractivity contribution is 6.31. The molecule has 0 unspecified atom stereocenters. The van der Waals surface area contributed by atoms with E-state index in [0.717, 1.165) is 16.7 Å². The van der Waals surface area contributed by atoms with Gasteiger partial charge in [0.15, 0.2) is 0 Å². The van der Waals surface area contributed by atoms with Crippen LogP contribution < -0.4 is 5.32 Å². The van der Waals surface area contributed by atoms with E-state index in [2.05, 4.69) is 20.3 Å². The number of aromatic nitrogens is 3. The summed E-state index contributed by atoms with van der Waals surface area (Å²) in [5, 5.41) is 14.4. The summed E-state index contributed by atoms with van der Waals surface area (Å²) >= 11 is 5.95. The average molecular weight is 289 g/mol. The van der Waals surface area contributed by atoms with E-state index in [9.17, 15) is 5.11 Å². The number of rotatable bonds is 2. The van der Waals surface area contributed by atoms with E-state index in [1.165, 1.54) is 6.07 Å². The third-order valence-electron chi connectivity index (χ3n) is 2.95. The van der Waals surface area contributed by atoms with Crippen molar-refractivity contribution in [3.8, 4) is 5.75 Å². The van der Waals surface area contributed by atoms with Gasteiger partial charge in [0.05, 0.1) is 11.1 Å². The third-order valence-corrected chi connectivity index (χ3v) is 3.18. The molecular weight excluding hydrogens is 276 g/mol. The van der Waals surface area contributed by atoms with Crippen LogP contribution >= 0.6 is 11.6 Å². The third kappa shape index (κ3) is 2.28. The van der Waals surface area contributed by atoms with Crippen molar-refractivity contribution in [2.24, 2.45) is 0 Å². The topological polar surface area (TPSA) is 73.8 Å². The van der Waals surface area contributed by atoms with E-state index >= 15 is 0 Å². The minimum Gasteiger partial charge on any atom is -0.506 e. The first-order chi connectivity index (χ1) is 9.52. The molecule has 102 valence electrons. The summed E-state index contributed by atoms with van der Waals surface area (Å²) < 4.78 is 0. The summed E-state index contributed by atoms with van der Waals surface area (Å²) in [5.41, 5.74) is 2.27. The summed E-state index contributed by atoms with van der Waals surface area (Å²) in [7, 11) is 0. The molecule has 2 aromatic heterocycles. The van der Waals surface area contributed by atoms with Gasteiger partial charge in [-0.1, -0.05) is 11.6 Å². The number of H-pyrrole nitrogens is 1. The summed E-state index contributed by atoms with van der Waals surface area (Å²) in [6, 6.07) is 6.78. The molecule has 1 aromatic carbocycles. The van der Waals surface area contributed by atoms with Crippen LogP contribution in [0, 0.1) is 13.8 Å². The van der Waals surface area contributed by atoms with Gasteiger partial charge in [-0.2, -0.15) is 0 Å². The zero-order valence-electron chi connectivity index (χ0n) is 11.0. The number of benzene rings is 1. The van der Waals surface area contributed by atoms with E-state index in [1.807, 2.05) is 19.9 Å². The van der Waals surface area contributed by atoms with Crippen LogP contribution in [0.2, 0.25) is 5.02 Å². The number of hydrogen-bond acceptors (Lipinski definition) is 4. The number of anilines is 2. The van der Waals surface area contributed by atoms with Crippen LogP contribution in [0.15, 0.2) is 24.3 Å². The van der Waals surface area contributed by atoms with E-state index in [4.69, 9.17) is 11.6 Å². The molecule has 2 heterocycles. The number of hydrogen-bond donors (Lipinski definition) is 3. The first-order valence-electron chi connectivity index (χ1n) is 6.12. The number of fused-ring (bicyclic) bond motifs is 1. The fourth-order valence-corrected chi connectivity index (χ4v) is 2.26. The van der Waals surface area contributed by atoms with Crippen molar-refractivity contribution in [2.75, 3.05) is 5.32 Å². The lowest BCUT2D eigenvalue weighted by atomic mass is 10.2. The number of aromatic hydroxyl groups is 1. The molecule has 0 amide bonds. The van der Waals surface area contributed by atoms with Crippen LogP contribution in [0.4, 0.5) is 11.5 Å². The van der Waals surface area contributed by atoms with Crippen molar-refractivity contribution in [3.63, 3.8) is 0 Å². The van der Waals surface area contributed by atoms with Crippen LogP contribution in [0.1, 0.15) is 11.5 Å². The van der Waals surface area contributed by atoms with E-state index in [1.54, 1.807) is 12.1 Å². The number of nitrogens with one attached hydrogen (secondary N) is 2. The van der Waals surface area contributed by atoms with Crippen molar-refractivity contribution in [1.82, 2.24) is 15.0 Å². The van der Waals surface area contributed by atoms with Crippen molar-refractivity contribution in [3.05, 3.63) is 40.8 Å². The Morgan fingerprint density at radius 1 is 1.20 bits per heavy atom. The van der Waals surface area contributed by atoms with Crippen molar-refractivity contribution in [1.29, 1.82) is 0 Å². The minimum absolute atomic E-state index is 0.117. The van der Waals surface area contributed by atoms with Gasteiger partial charge in [0, 0.05) is 10.7 Å². The first-order valence-corrected chi connectivity index (χ1v) is 6.50. The van der Waals surface area contributed by atoms with E-state index < -0.39 is 0 Å². The Kier molecular flexibility index (Phi) is 2.99. The molecule has 0 aliphatic carbocycles. The molecule has 0 saturated carbocycles. The smallest absolute Gasteiger partial charge is 0.143 e. The van der Waals surface area contributed by atoms with Crippen LogP contribution in [0.25, 0.3) is 11.0 Å². The Morgan fingerprint density at radius 2 is 2.00 bits per heavy atom. The second-order valence-corrected chi connectivity index (χ2v) is 5.06. The van der Waals surface area contributed by atoms with Gasteiger partial charge >= 0.3 is 0 Å². The Hall–Kier alpha value is -2.27. The van der Waals surface area contributed by atoms with Gasteiger partial charge < -0.3 is 15.4 Å². The molecule has 0 bridgehead atoms. The van der Waals surface area contributed by atoms with Crippen LogP contribution in [0.5, 0.6) is 5.75 Å². The number of phenolic OH excluding ortho intramolecular Hbond substituents is 1. The summed E-state index contributed by atoms with van der Waals surface area (Å²) in [6.45, 7) is 3.77. The van der Waals surface area contributed by atoms with E-state index in [-0.39, 0.29) is 5.75 Å². The molecule has 3 N–H and O–H groups in total. The number of phenols is 1. The highest BCUT2D eigenvalue weighted by Gasteiger charge is 2.10. The maximum Gasteiger partial charge on any atom is 0.143 e. The molecule has 3 aromatic rings. The second kappa shape index (κ2) is 4.68. The molecule has 0 saturated heterocycles. The lowest BCUT2D eigenvalue weighted by Crippen LogP contribution is -1.98. The van der Waals surface area contributed by atoms with Crippen molar-refractivity contribution < 1.29 is 5.11 Å². The first kappa shape index (κ1) is 12.7. The zero-order valence-corrected chi connectivity index (χ0v) is 11.8. The summed E-state index contributed by atoms with van der Waals surface area (Å²) in [6.07, 6.45) is 0. The average Bonchev–Trinajstić information content (AvgIpc) is 2.74.